The summed E-state index contributed by atoms with van der Waals surface area (Å²) in [4.78, 5) is 8.79. The maximum absolute atomic E-state index is 5.96. The lowest BCUT2D eigenvalue weighted by atomic mass is 9.98. The summed E-state index contributed by atoms with van der Waals surface area (Å²) >= 11 is 0. The summed E-state index contributed by atoms with van der Waals surface area (Å²) < 4.78 is 11.4. The van der Waals surface area contributed by atoms with Crippen molar-refractivity contribution < 1.29 is 9.47 Å². The second-order valence-corrected chi connectivity index (χ2v) is 6.13. The van der Waals surface area contributed by atoms with Crippen molar-refractivity contribution in [3.8, 4) is 5.88 Å². The van der Waals surface area contributed by atoms with E-state index in [9.17, 15) is 0 Å². The Bertz CT molecular complexity index is 449. The molecule has 1 aromatic rings. The summed E-state index contributed by atoms with van der Waals surface area (Å²) in [5.41, 5.74) is 0. The van der Waals surface area contributed by atoms with Crippen LogP contribution in [-0.4, -0.2) is 35.3 Å². The van der Waals surface area contributed by atoms with E-state index in [-0.39, 0.29) is 0 Å². The first-order valence-corrected chi connectivity index (χ1v) is 8.11. The highest BCUT2D eigenvalue weighted by Crippen LogP contribution is 2.25. The molecule has 1 N–H and O–H groups in total. The third-order valence-corrected chi connectivity index (χ3v) is 4.52. The van der Waals surface area contributed by atoms with Gasteiger partial charge in [-0.2, -0.15) is 4.98 Å². The van der Waals surface area contributed by atoms with Crippen molar-refractivity contribution in [3.05, 3.63) is 12.4 Å². The first-order chi connectivity index (χ1) is 10.3. The van der Waals surface area contributed by atoms with Crippen molar-refractivity contribution >= 4 is 5.82 Å². The van der Waals surface area contributed by atoms with Crippen LogP contribution in [0.5, 0.6) is 5.88 Å². The molecule has 0 radical (unpaired) electrons. The van der Waals surface area contributed by atoms with Gasteiger partial charge in [0.15, 0.2) is 0 Å². The molecule has 2 unspecified atom stereocenters. The van der Waals surface area contributed by atoms with E-state index in [1.807, 2.05) is 0 Å². The van der Waals surface area contributed by atoms with Crippen LogP contribution in [0.1, 0.15) is 51.4 Å². The van der Waals surface area contributed by atoms with Crippen molar-refractivity contribution in [2.75, 3.05) is 12.4 Å². The van der Waals surface area contributed by atoms with Gasteiger partial charge in [0, 0.05) is 13.2 Å². The molecule has 5 nitrogen and oxygen atoms in total. The highest BCUT2D eigenvalue weighted by molar-refractivity contribution is 5.35. The Kier molecular flexibility index (Phi) is 4.91. The number of methoxy groups -OCH3 is 1. The van der Waals surface area contributed by atoms with E-state index < -0.39 is 0 Å². The van der Waals surface area contributed by atoms with Gasteiger partial charge >= 0.3 is 0 Å². The van der Waals surface area contributed by atoms with Gasteiger partial charge in [-0.3, -0.25) is 4.98 Å². The van der Waals surface area contributed by atoms with Gasteiger partial charge in [-0.05, 0) is 44.9 Å². The Balaban J connectivity index is 1.55. The molecule has 2 aliphatic rings. The maximum atomic E-state index is 5.96. The maximum Gasteiger partial charge on any atom is 0.234 e. The summed E-state index contributed by atoms with van der Waals surface area (Å²) in [6, 6.07) is 0.425. The molecular formula is C16H25N3O2. The molecule has 0 spiro atoms. The third kappa shape index (κ3) is 4.06. The van der Waals surface area contributed by atoms with Crippen LogP contribution in [-0.2, 0) is 4.74 Å². The third-order valence-electron chi connectivity index (χ3n) is 4.52. The Morgan fingerprint density at radius 3 is 2.67 bits per heavy atom. The highest BCUT2D eigenvalue weighted by atomic mass is 16.5. The smallest absolute Gasteiger partial charge is 0.234 e. The number of aromatic nitrogens is 2. The summed E-state index contributed by atoms with van der Waals surface area (Å²) in [7, 11) is 1.78. The number of nitrogens with one attached hydrogen (secondary N) is 1. The van der Waals surface area contributed by atoms with Crippen LogP contribution >= 0.6 is 0 Å². The first kappa shape index (κ1) is 14.6. The van der Waals surface area contributed by atoms with Crippen molar-refractivity contribution in [1.82, 2.24) is 9.97 Å². The molecular weight excluding hydrogens is 266 g/mol. The molecule has 0 bridgehead atoms. The van der Waals surface area contributed by atoms with E-state index in [1.54, 1.807) is 19.5 Å². The molecule has 2 atom stereocenters. The standard InChI is InChI=1S/C16H25N3O2/c1-20-14-8-7-12(9-14)18-15-10-17-11-16(19-15)21-13-5-3-2-4-6-13/h10-14H,2-9H2,1H3,(H,18,19). The lowest BCUT2D eigenvalue weighted by Crippen LogP contribution is -2.21. The normalized spacial score (nSPS) is 26.7. The lowest BCUT2D eigenvalue weighted by molar-refractivity contribution is 0.108. The predicted octanol–water partition coefficient (Wildman–Crippen LogP) is 3.17. The molecule has 0 aromatic carbocycles. The highest BCUT2D eigenvalue weighted by Gasteiger charge is 2.24. The quantitative estimate of drug-likeness (QED) is 0.903. The number of ether oxygens (including phenoxy) is 2. The predicted molar refractivity (Wildman–Crippen MR) is 81.6 cm³/mol. The molecule has 116 valence electrons. The minimum absolute atomic E-state index is 0.313. The number of rotatable bonds is 5. The molecule has 0 saturated heterocycles. The van der Waals surface area contributed by atoms with E-state index >= 15 is 0 Å². The summed E-state index contributed by atoms with van der Waals surface area (Å²) in [5, 5.41) is 3.45. The molecule has 21 heavy (non-hydrogen) atoms. The second-order valence-electron chi connectivity index (χ2n) is 6.13. The van der Waals surface area contributed by atoms with Gasteiger partial charge in [-0.1, -0.05) is 6.42 Å². The van der Waals surface area contributed by atoms with E-state index in [0.29, 0.717) is 24.1 Å². The van der Waals surface area contributed by atoms with Gasteiger partial charge in [0.1, 0.15) is 11.9 Å². The van der Waals surface area contributed by atoms with Crippen LogP contribution < -0.4 is 10.1 Å². The minimum atomic E-state index is 0.313. The SMILES string of the molecule is COC1CCC(Nc2cncc(OC3CCCCC3)n2)C1. The second kappa shape index (κ2) is 7.07. The van der Waals surface area contributed by atoms with Gasteiger partial charge in [0.2, 0.25) is 5.88 Å². The number of hydrogen-bond acceptors (Lipinski definition) is 5. The van der Waals surface area contributed by atoms with Crippen molar-refractivity contribution in [3.63, 3.8) is 0 Å². The van der Waals surface area contributed by atoms with E-state index in [0.717, 1.165) is 37.9 Å². The summed E-state index contributed by atoms with van der Waals surface area (Å²) in [5.74, 6) is 1.46. The molecule has 2 aliphatic carbocycles. The number of hydrogen-bond donors (Lipinski definition) is 1. The fraction of sp³-hybridized carbons (Fsp3) is 0.750. The Labute approximate surface area is 126 Å². The van der Waals surface area contributed by atoms with Crippen LogP contribution in [0.3, 0.4) is 0 Å². The van der Waals surface area contributed by atoms with Crippen LogP contribution in [0.15, 0.2) is 12.4 Å². The summed E-state index contributed by atoms with van der Waals surface area (Å²) in [6.07, 6.45) is 13.6. The minimum Gasteiger partial charge on any atom is -0.473 e. The lowest BCUT2D eigenvalue weighted by Gasteiger charge is -2.22. The Hall–Kier alpha value is -1.36. The zero-order valence-electron chi connectivity index (χ0n) is 12.8. The van der Waals surface area contributed by atoms with Crippen molar-refractivity contribution in [2.45, 2.75) is 69.6 Å². The average molecular weight is 291 g/mol. The van der Waals surface area contributed by atoms with Gasteiger partial charge in [0.25, 0.3) is 0 Å². The van der Waals surface area contributed by atoms with E-state index in [4.69, 9.17) is 9.47 Å². The first-order valence-electron chi connectivity index (χ1n) is 8.11. The molecule has 0 amide bonds. The van der Waals surface area contributed by atoms with Crippen LogP contribution in [0, 0.1) is 0 Å². The average Bonchev–Trinajstić information content (AvgIpc) is 2.96. The fourth-order valence-electron chi connectivity index (χ4n) is 3.32. The van der Waals surface area contributed by atoms with Crippen LogP contribution in [0.4, 0.5) is 5.82 Å². The van der Waals surface area contributed by atoms with Gasteiger partial charge in [-0.15, -0.1) is 0 Å². The monoisotopic (exact) mass is 291 g/mol. The molecule has 1 heterocycles. The molecule has 2 fully saturated rings. The van der Waals surface area contributed by atoms with Gasteiger partial charge < -0.3 is 14.8 Å². The number of anilines is 1. The molecule has 3 rings (SSSR count). The van der Waals surface area contributed by atoms with Crippen LogP contribution in [0.25, 0.3) is 0 Å². The zero-order valence-corrected chi connectivity index (χ0v) is 12.8. The Morgan fingerprint density at radius 2 is 1.90 bits per heavy atom. The van der Waals surface area contributed by atoms with Crippen molar-refractivity contribution in [2.24, 2.45) is 0 Å². The van der Waals surface area contributed by atoms with E-state index in [1.165, 1.54) is 19.3 Å². The fourth-order valence-corrected chi connectivity index (χ4v) is 3.32. The molecule has 2 saturated carbocycles. The topological polar surface area (TPSA) is 56.3 Å². The van der Waals surface area contributed by atoms with E-state index in [2.05, 4.69) is 15.3 Å². The molecule has 5 heteroatoms. The number of nitrogens with zero attached hydrogens (tertiary/aromatic N) is 2. The van der Waals surface area contributed by atoms with Gasteiger partial charge in [0.05, 0.1) is 18.5 Å². The zero-order chi connectivity index (χ0) is 14.5. The molecule has 0 aliphatic heterocycles. The van der Waals surface area contributed by atoms with Gasteiger partial charge in [-0.25, -0.2) is 0 Å². The summed E-state index contributed by atoms with van der Waals surface area (Å²) in [6.45, 7) is 0. The Morgan fingerprint density at radius 1 is 1.05 bits per heavy atom. The van der Waals surface area contributed by atoms with Crippen LogP contribution in [0.2, 0.25) is 0 Å². The van der Waals surface area contributed by atoms with Crippen molar-refractivity contribution in [1.29, 1.82) is 0 Å². The largest absolute Gasteiger partial charge is 0.473 e. The molecule has 1 aromatic heterocycles.